The second-order valence-electron chi connectivity index (χ2n) is 6.11. The van der Waals surface area contributed by atoms with E-state index in [1.165, 1.54) is 32.1 Å². The second-order valence-corrected chi connectivity index (χ2v) is 6.11. The molecule has 4 nitrogen and oxygen atoms in total. The maximum Gasteiger partial charge on any atom is 0.220 e. The van der Waals surface area contributed by atoms with E-state index >= 15 is 0 Å². The van der Waals surface area contributed by atoms with Crippen molar-refractivity contribution in [3.05, 3.63) is 0 Å². The molecule has 118 valence electrons. The highest BCUT2D eigenvalue weighted by Gasteiger charge is 2.22. The minimum atomic E-state index is 0.230. The van der Waals surface area contributed by atoms with Crippen LogP contribution in [0.2, 0.25) is 0 Å². The molecule has 0 aromatic heterocycles. The van der Waals surface area contributed by atoms with Gasteiger partial charge in [-0.25, -0.2) is 0 Å². The third-order valence-corrected chi connectivity index (χ3v) is 4.51. The van der Waals surface area contributed by atoms with Crippen LogP contribution in [0.4, 0.5) is 0 Å². The molecule has 1 fully saturated rings. The Morgan fingerprint density at radius 3 is 2.35 bits per heavy atom. The molecular weight excluding hydrogens is 250 g/mol. The van der Waals surface area contributed by atoms with Crippen LogP contribution >= 0.6 is 0 Å². The maximum atomic E-state index is 11.9. The first-order chi connectivity index (χ1) is 9.69. The van der Waals surface area contributed by atoms with Crippen LogP contribution in [0.1, 0.15) is 52.4 Å². The Kier molecular flexibility index (Phi) is 8.86. The van der Waals surface area contributed by atoms with Gasteiger partial charge in [-0.2, -0.15) is 0 Å². The highest BCUT2D eigenvalue weighted by molar-refractivity contribution is 5.76. The molecule has 20 heavy (non-hydrogen) atoms. The molecular formula is C16H33N3O. The first-order valence-corrected chi connectivity index (χ1v) is 8.38. The Bertz CT molecular complexity index is 262. The fraction of sp³-hybridized carbons (Fsp3) is 0.938. The van der Waals surface area contributed by atoms with Gasteiger partial charge in [-0.05, 0) is 63.6 Å². The van der Waals surface area contributed by atoms with Gasteiger partial charge in [0.2, 0.25) is 5.91 Å². The van der Waals surface area contributed by atoms with E-state index < -0.39 is 0 Å². The average molecular weight is 283 g/mol. The van der Waals surface area contributed by atoms with Crippen LogP contribution in [0.15, 0.2) is 0 Å². The standard InChI is InChI=1S/C16H33N3O/c1-3-10-19(4-2)11-9-18-16(20)12-14-5-7-15(13-17)8-6-14/h14-15H,3-13,17H2,1-2H3,(H,18,20). The molecule has 0 aromatic rings. The molecule has 1 aliphatic carbocycles. The van der Waals surface area contributed by atoms with Gasteiger partial charge >= 0.3 is 0 Å². The lowest BCUT2D eigenvalue weighted by molar-refractivity contribution is -0.122. The number of likely N-dealkylation sites (N-methyl/N-ethyl adjacent to an activating group) is 1. The number of amides is 1. The minimum Gasteiger partial charge on any atom is -0.355 e. The lowest BCUT2D eigenvalue weighted by Gasteiger charge is -2.27. The third-order valence-electron chi connectivity index (χ3n) is 4.51. The summed E-state index contributed by atoms with van der Waals surface area (Å²) in [5.74, 6) is 1.51. The fourth-order valence-electron chi connectivity index (χ4n) is 3.10. The van der Waals surface area contributed by atoms with Crippen molar-refractivity contribution in [3.63, 3.8) is 0 Å². The molecule has 0 heterocycles. The highest BCUT2D eigenvalue weighted by Crippen LogP contribution is 2.29. The summed E-state index contributed by atoms with van der Waals surface area (Å²) in [6.45, 7) is 9.11. The van der Waals surface area contributed by atoms with Crippen molar-refractivity contribution >= 4 is 5.91 Å². The molecule has 4 heteroatoms. The fourth-order valence-corrected chi connectivity index (χ4v) is 3.10. The summed E-state index contributed by atoms with van der Waals surface area (Å²) >= 11 is 0. The van der Waals surface area contributed by atoms with Gasteiger partial charge in [-0.15, -0.1) is 0 Å². The van der Waals surface area contributed by atoms with Crippen molar-refractivity contribution in [2.75, 3.05) is 32.7 Å². The Balaban J connectivity index is 2.11. The topological polar surface area (TPSA) is 58.4 Å². The van der Waals surface area contributed by atoms with E-state index in [2.05, 4.69) is 24.1 Å². The SMILES string of the molecule is CCCN(CC)CCNC(=O)CC1CCC(CN)CC1. The zero-order valence-corrected chi connectivity index (χ0v) is 13.4. The normalized spacial score (nSPS) is 23.0. The lowest BCUT2D eigenvalue weighted by atomic mass is 9.80. The van der Waals surface area contributed by atoms with Gasteiger partial charge < -0.3 is 16.0 Å². The van der Waals surface area contributed by atoms with Gasteiger partial charge in [0.15, 0.2) is 0 Å². The summed E-state index contributed by atoms with van der Waals surface area (Å²) in [7, 11) is 0. The molecule has 0 aromatic carbocycles. The Morgan fingerprint density at radius 1 is 1.15 bits per heavy atom. The van der Waals surface area contributed by atoms with Gasteiger partial charge in [0.1, 0.15) is 0 Å². The number of nitrogens with two attached hydrogens (primary N) is 1. The summed E-state index contributed by atoms with van der Waals surface area (Å²) in [5.41, 5.74) is 5.70. The van der Waals surface area contributed by atoms with Crippen LogP contribution in [-0.4, -0.2) is 43.5 Å². The van der Waals surface area contributed by atoms with E-state index in [4.69, 9.17) is 5.73 Å². The highest BCUT2D eigenvalue weighted by atomic mass is 16.1. The van der Waals surface area contributed by atoms with Crippen molar-refractivity contribution in [1.29, 1.82) is 0 Å². The first kappa shape index (κ1) is 17.4. The van der Waals surface area contributed by atoms with Crippen LogP contribution in [0.25, 0.3) is 0 Å². The maximum absolute atomic E-state index is 11.9. The molecule has 3 N–H and O–H groups in total. The van der Waals surface area contributed by atoms with Gasteiger partial charge in [0.05, 0.1) is 0 Å². The zero-order valence-electron chi connectivity index (χ0n) is 13.4. The molecule has 0 atom stereocenters. The molecule has 1 saturated carbocycles. The number of hydrogen-bond acceptors (Lipinski definition) is 3. The lowest BCUT2D eigenvalue weighted by Crippen LogP contribution is -2.36. The van der Waals surface area contributed by atoms with Crippen LogP contribution in [-0.2, 0) is 4.79 Å². The molecule has 1 rings (SSSR count). The molecule has 0 spiro atoms. The van der Waals surface area contributed by atoms with Crippen molar-refractivity contribution in [2.24, 2.45) is 17.6 Å². The molecule has 1 amide bonds. The number of nitrogens with zero attached hydrogens (tertiary/aromatic N) is 1. The number of rotatable bonds is 9. The largest absolute Gasteiger partial charge is 0.355 e. The van der Waals surface area contributed by atoms with E-state index in [-0.39, 0.29) is 5.91 Å². The number of carbonyl (C=O) groups is 1. The average Bonchev–Trinajstić information content (AvgIpc) is 2.47. The van der Waals surface area contributed by atoms with E-state index in [1.54, 1.807) is 0 Å². The predicted molar refractivity (Wildman–Crippen MR) is 84.5 cm³/mol. The number of hydrogen-bond donors (Lipinski definition) is 2. The summed E-state index contributed by atoms with van der Waals surface area (Å²) in [4.78, 5) is 14.3. The second kappa shape index (κ2) is 10.2. The molecule has 0 bridgehead atoms. The molecule has 1 aliphatic rings. The van der Waals surface area contributed by atoms with Crippen molar-refractivity contribution in [3.8, 4) is 0 Å². The Morgan fingerprint density at radius 2 is 1.80 bits per heavy atom. The first-order valence-electron chi connectivity index (χ1n) is 8.38. The third kappa shape index (κ3) is 6.71. The van der Waals surface area contributed by atoms with Crippen molar-refractivity contribution in [2.45, 2.75) is 52.4 Å². The number of carbonyl (C=O) groups excluding carboxylic acids is 1. The van der Waals surface area contributed by atoms with Crippen LogP contribution < -0.4 is 11.1 Å². The summed E-state index contributed by atoms with van der Waals surface area (Å²) in [6, 6.07) is 0. The monoisotopic (exact) mass is 283 g/mol. The van der Waals surface area contributed by atoms with Crippen molar-refractivity contribution in [1.82, 2.24) is 10.2 Å². The molecule has 0 radical (unpaired) electrons. The summed E-state index contributed by atoms with van der Waals surface area (Å²) in [5, 5.41) is 3.07. The Hall–Kier alpha value is -0.610. The van der Waals surface area contributed by atoms with Gasteiger partial charge in [0, 0.05) is 19.5 Å². The summed E-state index contributed by atoms with van der Waals surface area (Å²) in [6.07, 6.45) is 6.63. The van der Waals surface area contributed by atoms with E-state index in [9.17, 15) is 4.79 Å². The zero-order chi connectivity index (χ0) is 14.8. The van der Waals surface area contributed by atoms with E-state index in [0.717, 1.165) is 32.7 Å². The Labute approximate surface area is 124 Å². The molecule has 0 saturated heterocycles. The molecule has 0 aliphatic heterocycles. The van der Waals surface area contributed by atoms with Crippen LogP contribution in [0.3, 0.4) is 0 Å². The molecule has 0 unspecified atom stereocenters. The minimum absolute atomic E-state index is 0.230. The quantitative estimate of drug-likeness (QED) is 0.680. The van der Waals surface area contributed by atoms with Crippen LogP contribution in [0.5, 0.6) is 0 Å². The predicted octanol–water partition coefficient (Wildman–Crippen LogP) is 1.99. The van der Waals surface area contributed by atoms with Gasteiger partial charge in [0.25, 0.3) is 0 Å². The smallest absolute Gasteiger partial charge is 0.220 e. The van der Waals surface area contributed by atoms with Gasteiger partial charge in [-0.3, -0.25) is 4.79 Å². The van der Waals surface area contributed by atoms with E-state index in [1.807, 2.05) is 0 Å². The van der Waals surface area contributed by atoms with Crippen molar-refractivity contribution < 1.29 is 4.79 Å². The van der Waals surface area contributed by atoms with Gasteiger partial charge in [-0.1, -0.05) is 13.8 Å². The summed E-state index contributed by atoms with van der Waals surface area (Å²) < 4.78 is 0. The van der Waals surface area contributed by atoms with E-state index in [0.29, 0.717) is 18.3 Å². The number of nitrogens with one attached hydrogen (secondary N) is 1. The van der Waals surface area contributed by atoms with Crippen LogP contribution in [0, 0.1) is 11.8 Å².